The molecule has 0 aliphatic carbocycles. The van der Waals surface area contributed by atoms with Crippen LogP contribution in [0.5, 0.6) is 0 Å². The summed E-state index contributed by atoms with van der Waals surface area (Å²) in [5.74, 6) is -0.862. The van der Waals surface area contributed by atoms with E-state index in [4.69, 9.17) is 11.6 Å². The maximum Gasteiger partial charge on any atom is 0.296 e. The second kappa shape index (κ2) is 5.58. The van der Waals surface area contributed by atoms with Gasteiger partial charge in [0.1, 0.15) is 16.4 Å². The molecule has 110 valence electrons. The topological polar surface area (TPSA) is 115 Å². The van der Waals surface area contributed by atoms with Crippen molar-refractivity contribution in [2.75, 3.05) is 4.72 Å². The van der Waals surface area contributed by atoms with Crippen molar-refractivity contribution < 1.29 is 17.7 Å². The molecule has 1 heterocycles. The van der Waals surface area contributed by atoms with Gasteiger partial charge in [0.15, 0.2) is 0 Å². The minimum atomic E-state index is -4.16. The molecule has 21 heavy (non-hydrogen) atoms. The lowest BCUT2D eigenvalue weighted by Gasteiger charge is -2.08. The number of benzene rings is 1. The summed E-state index contributed by atoms with van der Waals surface area (Å²) >= 11 is 5.44. The van der Waals surface area contributed by atoms with E-state index in [0.717, 1.165) is 24.5 Å². The number of halogens is 2. The van der Waals surface area contributed by atoms with Crippen LogP contribution in [0.3, 0.4) is 0 Å². The lowest BCUT2D eigenvalue weighted by molar-refractivity contribution is -0.384. The molecular weight excluding hydrogens is 327 g/mol. The van der Waals surface area contributed by atoms with Gasteiger partial charge in [-0.25, -0.2) is 22.8 Å². The summed E-state index contributed by atoms with van der Waals surface area (Å²) in [6, 6.07) is 2.45. The summed E-state index contributed by atoms with van der Waals surface area (Å²) in [7, 11) is -4.16. The smallest absolute Gasteiger partial charge is 0.273 e. The van der Waals surface area contributed by atoms with Crippen LogP contribution in [0.15, 0.2) is 35.5 Å². The normalized spacial score (nSPS) is 11.1. The first-order chi connectivity index (χ1) is 9.79. The predicted molar refractivity (Wildman–Crippen MR) is 70.9 cm³/mol. The number of hydrogen-bond donors (Lipinski definition) is 1. The van der Waals surface area contributed by atoms with Crippen LogP contribution in [0, 0.1) is 15.9 Å². The van der Waals surface area contributed by atoms with Crippen molar-refractivity contribution in [3.63, 3.8) is 0 Å². The van der Waals surface area contributed by atoms with E-state index in [0.29, 0.717) is 6.07 Å². The van der Waals surface area contributed by atoms with E-state index in [1.54, 1.807) is 0 Å². The van der Waals surface area contributed by atoms with Gasteiger partial charge in [0, 0.05) is 0 Å². The lowest BCUT2D eigenvalue weighted by Crippen LogP contribution is -2.14. The first kappa shape index (κ1) is 15.1. The van der Waals surface area contributed by atoms with Crippen LogP contribution in [0.1, 0.15) is 0 Å². The van der Waals surface area contributed by atoms with Crippen LogP contribution < -0.4 is 4.72 Å². The maximum absolute atomic E-state index is 13.0. The summed E-state index contributed by atoms with van der Waals surface area (Å²) in [6.07, 6.45) is 1.88. The van der Waals surface area contributed by atoms with Gasteiger partial charge in [-0.05, 0) is 23.7 Å². The van der Waals surface area contributed by atoms with Gasteiger partial charge in [-0.15, -0.1) is 0 Å². The molecule has 0 unspecified atom stereocenters. The number of aromatic nitrogens is 2. The van der Waals surface area contributed by atoms with Crippen LogP contribution in [0.25, 0.3) is 0 Å². The van der Waals surface area contributed by atoms with Crippen molar-refractivity contribution in [2.45, 2.75) is 4.90 Å². The fourth-order valence-corrected chi connectivity index (χ4v) is 2.45. The quantitative estimate of drug-likeness (QED) is 0.520. The highest BCUT2D eigenvalue weighted by Gasteiger charge is 2.22. The van der Waals surface area contributed by atoms with Crippen molar-refractivity contribution in [1.29, 1.82) is 0 Å². The van der Waals surface area contributed by atoms with Crippen LogP contribution in [-0.4, -0.2) is 23.3 Å². The van der Waals surface area contributed by atoms with Crippen molar-refractivity contribution >= 4 is 33.0 Å². The maximum atomic E-state index is 13.0. The van der Waals surface area contributed by atoms with Gasteiger partial charge in [0.05, 0.1) is 23.4 Å². The van der Waals surface area contributed by atoms with Crippen LogP contribution >= 0.6 is 11.6 Å². The Morgan fingerprint density at radius 2 is 1.90 bits per heavy atom. The Hall–Kier alpha value is -2.33. The molecule has 11 heteroatoms. The Labute approximate surface area is 122 Å². The minimum absolute atomic E-state index is 0.151. The average molecular weight is 333 g/mol. The number of sulfonamides is 1. The summed E-state index contributed by atoms with van der Waals surface area (Å²) in [4.78, 5) is 16.6. The van der Waals surface area contributed by atoms with Crippen molar-refractivity contribution in [1.82, 2.24) is 9.97 Å². The molecule has 0 aliphatic heterocycles. The average Bonchev–Trinajstić information content (AvgIpc) is 2.41. The zero-order valence-corrected chi connectivity index (χ0v) is 11.6. The van der Waals surface area contributed by atoms with E-state index in [1.165, 1.54) is 0 Å². The van der Waals surface area contributed by atoms with Crippen LogP contribution in [0.4, 0.5) is 15.8 Å². The molecule has 1 aromatic heterocycles. The summed E-state index contributed by atoms with van der Waals surface area (Å²) in [5.41, 5.74) is -1.09. The number of nitro benzene ring substituents is 1. The SMILES string of the molecule is O=[N+]([O-])c1cc(F)ccc1NS(=O)(=O)c1cnc(Cl)nc1. The highest BCUT2D eigenvalue weighted by atomic mass is 35.5. The molecule has 0 bridgehead atoms. The Bertz CT molecular complexity index is 797. The second-order valence-electron chi connectivity index (χ2n) is 3.71. The minimum Gasteiger partial charge on any atom is -0.273 e. The van der Waals surface area contributed by atoms with Gasteiger partial charge in [0.25, 0.3) is 15.7 Å². The van der Waals surface area contributed by atoms with Gasteiger partial charge in [-0.3, -0.25) is 14.8 Å². The molecule has 1 N–H and O–H groups in total. The highest BCUT2D eigenvalue weighted by molar-refractivity contribution is 7.92. The molecule has 0 radical (unpaired) electrons. The Balaban J connectivity index is 2.41. The zero-order valence-electron chi connectivity index (χ0n) is 10.0. The standard InChI is InChI=1S/C10H6ClFN4O4S/c11-10-13-4-7(5-14-10)21(19,20)15-8-2-1-6(12)3-9(8)16(17)18/h1-5,15H. The van der Waals surface area contributed by atoms with Gasteiger partial charge in [-0.1, -0.05) is 0 Å². The third-order valence-corrected chi connectivity index (χ3v) is 3.82. The van der Waals surface area contributed by atoms with E-state index < -0.39 is 26.5 Å². The largest absolute Gasteiger partial charge is 0.296 e. The molecular formula is C10H6ClFN4O4S. The van der Waals surface area contributed by atoms with Crippen LogP contribution in [-0.2, 0) is 10.0 Å². The first-order valence-electron chi connectivity index (χ1n) is 5.24. The molecule has 1 aromatic carbocycles. The van der Waals surface area contributed by atoms with E-state index in [1.807, 2.05) is 4.72 Å². The predicted octanol–water partition coefficient (Wildman–Crippen LogP) is 1.98. The molecule has 8 nitrogen and oxygen atoms in total. The summed E-state index contributed by atoms with van der Waals surface area (Å²) < 4.78 is 39.0. The zero-order chi connectivity index (χ0) is 15.6. The third-order valence-electron chi connectivity index (χ3n) is 2.31. The lowest BCUT2D eigenvalue weighted by atomic mass is 10.3. The molecule has 0 fully saturated rings. The van der Waals surface area contributed by atoms with Crippen LogP contribution in [0.2, 0.25) is 5.28 Å². The summed E-state index contributed by atoms with van der Waals surface area (Å²) in [6.45, 7) is 0. The van der Waals surface area contributed by atoms with E-state index >= 15 is 0 Å². The molecule has 0 aliphatic rings. The van der Waals surface area contributed by atoms with E-state index in [2.05, 4.69) is 9.97 Å². The van der Waals surface area contributed by atoms with E-state index in [-0.39, 0.29) is 15.9 Å². The van der Waals surface area contributed by atoms with Gasteiger partial charge in [0.2, 0.25) is 5.28 Å². The number of hydrogen-bond acceptors (Lipinski definition) is 6. The monoisotopic (exact) mass is 332 g/mol. The second-order valence-corrected chi connectivity index (χ2v) is 5.73. The molecule has 0 saturated heterocycles. The number of nitrogens with zero attached hydrogens (tertiary/aromatic N) is 3. The number of nitro groups is 1. The molecule has 0 atom stereocenters. The Kier molecular flexibility index (Phi) is 4.00. The van der Waals surface area contributed by atoms with Gasteiger partial charge < -0.3 is 0 Å². The number of anilines is 1. The van der Waals surface area contributed by atoms with Crippen molar-refractivity contribution in [3.8, 4) is 0 Å². The molecule has 2 rings (SSSR count). The fraction of sp³-hybridized carbons (Fsp3) is 0. The van der Waals surface area contributed by atoms with Crippen molar-refractivity contribution in [3.05, 3.63) is 51.8 Å². The molecule has 0 spiro atoms. The van der Waals surface area contributed by atoms with Gasteiger partial charge in [-0.2, -0.15) is 0 Å². The fourth-order valence-electron chi connectivity index (χ4n) is 1.39. The third kappa shape index (κ3) is 3.41. The highest BCUT2D eigenvalue weighted by Crippen LogP contribution is 2.27. The van der Waals surface area contributed by atoms with Crippen molar-refractivity contribution in [2.24, 2.45) is 0 Å². The molecule has 2 aromatic rings. The Morgan fingerprint density at radius 1 is 1.29 bits per heavy atom. The first-order valence-corrected chi connectivity index (χ1v) is 7.10. The number of rotatable bonds is 4. The molecule has 0 saturated carbocycles. The van der Waals surface area contributed by atoms with Gasteiger partial charge >= 0.3 is 0 Å². The summed E-state index contributed by atoms with van der Waals surface area (Å²) in [5, 5.41) is 10.7. The number of nitrogens with one attached hydrogen (secondary N) is 1. The molecule has 0 amide bonds. The van der Waals surface area contributed by atoms with E-state index in [9.17, 15) is 22.9 Å². The Morgan fingerprint density at radius 3 is 2.48 bits per heavy atom.